The molecule has 1 heterocycles. The summed E-state index contributed by atoms with van der Waals surface area (Å²) in [5.41, 5.74) is 0. The van der Waals surface area contributed by atoms with Crippen molar-refractivity contribution in [3.63, 3.8) is 0 Å². The van der Waals surface area contributed by atoms with Gasteiger partial charge < -0.3 is 14.8 Å². The molecule has 0 bridgehead atoms. The molecule has 4 nitrogen and oxygen atoms in total. The smallest absolute Gasteiger partial charge is 0.0589 e. The fraction of sp³-hybridized carbons (Fsp3) is 1.00. The van der Waals surface area contributed by atoms with Gasteiger partial charge in [-0.25, -0.2) is 0 Å². The van der Waals surface area contributed by atoms with Crippen LogP contribution in [0.5, 0.6) is 0 Å². The third-order valence-electron chi connectivity index (χ3n) is 3.40. The third-order valence-corrected chi connectivity index (χ3v) is 3.40. The Bertz CT molecular complexity index is 170. The van der Waals surface area contributed by atoms with E-state index in [1.807, 2.05) is 0 Å². The zero-order chi connectivity index (χ0) is 11.8. The number of methoxy groups -OCH3 is 2. The van der Waals surface area contributed by atoms with Gasteiger partial charge in [0.05, 0.1) is 13.2 Å². The fourth-order valence-electron chi connectivity index (χ4n) is 2.23. The molecule has 2 atom stereocenters. The Morgan fingerprint density at radius 2 is 1.81 bits per heavy atom. The molecule has 2 unspecified atom stereocenters. The van der Waals surface area contributed by atoms with Gasteiger partial charge in [-0.05, 0) is 25.8 Å². The van der Waals surface area contributed by atoms with Crippen molar-refractivity contribution in [3.8, 4) is 0 Å². The topological polar surface area (TPSA) is 33.7 Å². The highest BCUT2D eigenvalue weighted by molar-refractivity contribution is 4.82. The van der Waals surface area contributed by atoms with E-state index in [9.17, 15) is 0 Å². The van der Waals surface area contributed by atoms with Gasteiger partial charge in [-0.2, -0.15) is 0 Å². The van der Waals surface area contributed by atoms with Crippen molar-refractivity contribution in [2.24, 2.45) is 5.92 Å². The highest BCUT2D eigenvalue weighted by Crippen LogP contribution is 2.16. The number of nitrogens with one attached hydrogen (secondary N) is 1. The predicted molar refractivity (Wildman–Crippen MR) is 65.8 cm³/mol. The van der Waals surface area contributed by atoms with Gasteiger partial charge in [0.2, 0.25) is 0 Å². The maximum Gasteiger partial charge on any atom is 0.0589 e. The lowest BCUT2D eigenvalue weighted by atomic mass is 10.0. The summed E-state index contributed by atoms with van der Waals surface area (Å²) < 4.78 is 10.3. The van der Waals surface area contributed by atoms with Crippen molar-refractivity contribution in [1.82, 2.24) is 10.2 Å². The molecule has 1 rings (SSSR count). The summed E-state index contributed by atoms with van der Waals surface area (Å²) in [4.78, 5) is 2.45. The number of hydrogen-bond acceptors (Lipinski definition) is 4. The molecule has 0 spiro atoms. The molecule has 0 aliphatic carbocycles. The molecule has 1 fully saturated rings. The van der Waals surface area contributed by atoms with Crippen LogP contribution in [0.4, 0.5) is 0 Å². The summed E-state index contributed by atoms with van der Waals surface area (Å²) in [7, 11) is 3.52. The Kier molecular flexibility index (Phi) is 6.96. The second kappa shape index (κ2) is 8.01. The summed E-state index contributed by atoms with van der Waals surface area (Å²) in [5.74, 6) is 0.772. The normalized spacial score (nSPS) is 25.5. The SMILES string of the molecule is COCCN(CCOC)CC1CCNC1C. The molecule has 0 aromatic carbocycles. The monoisotopic (exact) mass is 230 g/mol. The minimum absolute atomic E-state index is 0.646. The second-order valence-electron chi connectivity index (χ2n) is 4.58. The van der Waals surface area contributed by atoms with E-state index in [2.05, 4.69) is 17.1 Å². The van der Waals surface area contributed by atoms with E-state index in [0.29, 0.717) is 6.04 Å². The van der Waals surface area contributed by atoms with Crippen LogP contribution < -0.4 is 5.32 Å². The average Bonchev–Trinajstić information content (AvgIpc) is 2.68. The Hall–Kier alpha value is -0.160. The van der Waals surface area contributed by atoms with Gasteiger partial charge in [0.1, 0.15) is 0 Å². The molecule has 0 aromatic rings. The van der Waals surface area contributed by atoms with Crippen LogP contribution in [0, 0.1) is 5.92 Å². The van der Waals surface area contributed by atoms with Gasteiger partial charge in [-0.1, -0.05) is 0 Å². The first-order valence-electron chi connectivity index (χ1n) is 6.21. The van der Waals surface area contributed by atoms with Gasteiger partial charge >= 0.3 is 0 Å². The van der Waals surface area contributed by atoms with E-state index in [0.717, 1.165) is 45.3 Å². The maximum absolute atomic E-state index is 5.15. The summed E-state index contributed by atoms with van der Waals surface area (Å²) in [5, 5.41) is 3.50. The van der Waals surface area contributed by atoms with Crippen LogP contribution in [-0.2, 0) is 9.47 Å². The quantitative estimate of drug-likeness (QED) is 0.661. The van der Waals surface area contributed by atoms with E-state index in [4.69, 9.17) is 9.47 Å². The minimum Gasteiger partial charge on any atom is -0.383 e. The van der Waals surface area contributed by atoms with E-state index < -0.39 is 0 Å². The second-order valence-corrected chi connectivity index (χ2v) is 4.58. The molecule has 1 aliphatic heterocycles. The van der Waals surface area contributed by atoms with Crippen LogP contribution in [0.1, 0.15) is 13.3 Å². The van der Waals surface area contributed by atoms with E-state index >= 15 is 0 Å². The van der Waals surface area contributed by atoms with Crippen LogP contribution in [0.2, 0.25) is 0 Å². The molecule has 1 aliphatic rings. The Balaban J connectivity index is 2.29. The number of ether oxygens (including phenoxy) is 2. The summed E-state index contributed by atoms with van der Waals surface area (Å²) >= 11 is 0. The van der Waals surface area contributed by atoms with Crippen LogP contribution in [-0.4, -0.2) is 64.6 Å². The van der Waals surface area contributed by atoms with E-state index in [-0.39, 0.29) is 0 Å². The predicted octanol–water partition coefficient (Wildman–Crippen LogP) is 0.579. The van der Waals surface area contributed by atoms with Crippen molar-refractivity contribution in [2.45, 2.75) is 19.4 Å². The fourth-order valence-corrected chi connectivity index (χ4v) is 2.23. The Morgan fingerprint density at radius 3 is 2.25 bits per heavy atom. The summed E-state index contributed by atoms with van der Waals surface area (Å²) in [6, 6.07) is 0.646. The van der Waals surface area contributed by atoms with Crippen LogP contribution in [0.25, 0.3) is 0 Å². The molecule has 0 amide bonds. The molecular weight excluding hydrogens is 204 g/mol. The number of hydrogen-bond donors (Lipinski definition) is 1. The van der Waals surface area contributed by atoms with Gasteiger partial charge in [0.25, 0.3) is 0 Å². The van der Waals surface area contributed by atoms with Crippen LogP contribution >= 0.6 is 0 Å². The number of nitrogens with zero attached hydrogens (tertiary/aromatic N) is 1. The highest BCUT2D eigenvalue weighted by Gasteiger charge is 2.24. The van der Waals surface area contributed by atoms with Crippen molar-refractivity contribution in [1.29, 1.82) is 0 Å². The largest absolute Gasteiger partial charge is 0.383 e. The van der Waals surface area contributed by atoms with Gasteiger partial charge in [0, 0.05) is 39.9 Å². The molecule has 4 heteroatoms. The molecule has 0 radical (unpaired) electrons. The standard InChI is InChI=1S/C12H26N2O2/c1-11-12(4-5-13-11)10-14(6-8-15-2)7-9-16-3/h11-13H,4-10H2,1-3H3. The maximum atomic E-state index is 5.15. The summed E-state index contributed by atoms with van der Waals surface area (Å²) in [6.45, 7) is 8.21. The summed E-state index contributed by atoms with van der Waals surface area (Å²) in [6.07, 6.45) is 1.29. The van der Waals surface area contributed by atoms with Crippen LogP contribution in [0.3, 0.4) is 0 Å². The van der Waals surface area contributed by atoms with Crippen molar-refractivity contribution < 1.29 is 9.47 Å². The van der Waals surface area contributed by atoms with Crippen molar-refractivity contribution in [3.05, 3.63) is 0 Å². The first-order chi connectivity index (χ1) is 7.77. The molecule has 96 valence electrons. The molecule has 1 N–H and O–H groups in total. The molecule has 0 saturated carbocycles. The van der Waals surface area contributed by atoms with Crippen molar-refractivity contribution >= 4 is 0 Å². The zero-order valence-electron chi connectivity index (χ0n) is 10.9. The van der Waals surface area contributed by atoms with E-state index in [1.54, 1.807) is 14.2 Å². The number of rotatable bonds is 8. The molecular formula is C12H26N2O2. The first-order valence-corrected chi connectivity index (χ1v) is 6.21. The minimum atomic E-state index is 0.646. The van der Waals surface area contributed by atoms with Gasteiger partial charge in [-0.3, -0.25) is 4.90 Å². The zero-order valence-corrected chi connectivity index (χ0v) is 10.9. The lowest BCUT2D eigenvalue weighted by molar-refractivity contribution is 0.103. The highest BCUT2D eigenvalue weighted by atomic mass is 16.5. The van der Waals surface area contributed by atoms with Gasteiger partial charge in [0.15, 0.2) is 0 Å². The molecule has 16 heavy (non-hydrogen) atoms. The lowest BCUT2D eigenvalue weighted by Gasteiger charge is -2.26. The lowest BCUT2D eigenvalue weighted by Crippen LogP contribution is -2.38. The first kappa shape index (κ1) is 13.9. The third kappa shape index (κ3) is 4.78. The molecule has 0 aromatic heterocycles. The average molecular weight is 230 g/mol. The Morgan fingerprint density at radius 1 is 1.19 bits per heavy atom. The van der Waals surface area contributed by atoms with Gasteiger partial charge in [-0.15, -0.1) is 0 Å². The van der Waals surface area contributed by atoms with E-state index in [1.165, 1.54) is 6.42 Å². The van der Waals surface area contributed by atoms with Crippen molar-refractivity contribution in [2.75, 3.05) is 53.6 Å². The van der Waals surface area contributed by atoms with Crippen LogP contribution in [0.15, 0.2) is 0 Å². The molecule has 1 saturated heterocycles. The Labute approximate surface area is 99.3 Å².